The Morgan fingerprint density at radius 2 is 2.00 bits per heavy atom. The quantitative estimate of drug-likeness (QED) is 0.808. The molecule has 1 fully saturated rings. The van der Waals surface area contributed by atoms with Gasteiger partial charge >= 0.3 is 5.97 Å². The molecule has 1 aliphatic carbocycles. The van der Waals surface area contributed by atoms with Gasteiger partial charge in [-0.25, -0.2) is 0 Å². The molecule has 2 rings (SSSR count). The fourth-order valence-electron chi connectivity index (χ4n) is 2.20. The minimum atomic E-state index is -0.191. The molecule has 1 aliphatic rings. The summed E-state index contributed by atoms with van der Waals surface area (Å²) in [6.07, 6.45) is 2.22. The summed E-state index contributed by atoms with van der Waals surface area (Å²) in [4.78, 5) is 11.0. The maximum atomic E-state index is 11.0. The third kappa shape index (κ3) is 3.07. The molecule has 3 heteroatoms. The highest BCUT2D eigenvalue weighted by atomic mass is 16.5. The highest BCUT2D eigenvalue weighted by Gasteiger charge is 2.30. The summed E-state index contributed by atoms with van der Waals surface area (Å²) in [5, 5.41) is 3.21. The molecule has 0 unspecified atom stereocenters. The van der Waals surface area contributed by atoms with Crippen molar-refractivity contribution in [3.63, 3.8) is 0 Å². The van der Waals surface area contributed by atoms with Gasteiger partial charge in [0.1, 0.15) is 0 Å². The first-order valence-corrected chi connectivity index (χ1v) is 6.06. The Labute approximate surface area is 102 Å². The first-order valence-electron chi connectivity index (χ1n) is 6.06. The minimum Gasteiger partial charge on any atom is -0.468 e. The van der Waals surface area contributed by atoms with Crippen LogP contribution in [0.4, 0.5) is 0 Å². The third-order valence-electron chi connectivity index (χ3n) is 3.45. The van der Waals surface area contributed by atoms with Crippen molar-refractivity contribution in [3.8, 4) is 0 Å². The lowest BCUT2D eigenvalue weighted by atomic mass is 9.76. The van der Waals surface area contributed by atoms with E-state index in [4.69, 9.17) is 0 Å². The van der Waals surface area contributed by atoms with Crippen molar-refractivity contribution in [2.75, 3.05) is 13.7 Å². The van der Waals surface area contributed by atoms with E-state index in [2.05, 4.69) is 41.2 Å². The highest BCUT2D eigenvalue weighted by molar-refractivity contribution is 5.71. The SMILES string of the molecule is COC(=O)CNC1CC(c2ccc(C)cc2)C1. The van der Waals surface area contributed by atoms with Crippen LogP contribution in [0.1, 0.15) is 29.9 Å². The first kappa shape index (κ1) is 12.1. The van der Waals surface area contributed by atoms with Crippen LogP contribution in [0.25, 0.3) is 0 Å². The molecule has 0 aromatic heterocycles. The van der Waals surface area contributed by atoms with Gasteiger partial charge in [0.25, 0.3) is 0 Å². The summed E-state index contributed by atoms with van der Waals surface area (Å²) in [5.74, 6) is 0.453. The monoisotopic (exact) mass is 233 g/mol. The van der Waals surface area contributed by atoms with Gasteiger partial charge in [0.05, 0.1) is 13.7 Å². The van der Waals surface area contributed by atoms with Gasteiger partial charge in [0.15, 0.2) is 0 Å². The predicted molar refractivity (Wildman–Crippen MR) is 67.0 cm³/mol. The van der Waals surface area contributed by atoms with Crippen LogP contribution in [0.5, 0.6) is 0 Å². The van der Waals surface area contributed by atoms with Crippen LogP contribution in [0, 0.1) is 6.92 Å². The lowest BCUT2D eigenvalue weighted by Gasteiger charge is -2.36. The molecule has 17 heavy (non-hydrogen) atoms. The normalized spacial score (nSPS) is 22.9. The lowest BCUT2D eigenvalue weighted by Crippen LogP contribution is -2.42. The van der Waals surface area contributed by atoms with Gasteiger partial charge in [-0.1, -0.05) is 29.8 Å². The van der Waals surface area contributed by atoms with E-state index >= 15 is 0 Å². The minimum absolute atomic E-state index is 0.191. The fourth-order valence-corrected chi connectivity index (χ4v) is 2.20. The van der Waals surface area contributed by atoms with Crippen molar-refractivity contribution in [2.24, 2.45) is 0 Å². The molecule has 0 saturated heterocycles. The zero-order valence-electron chi connectivity index (χ0n) is 10.4. The number of rotatable bonds is 4. The number of methoxy groups -OCH3 is 1. The average Bonchev–Trinajstić information content (AvgIpc) is 2.29. The molecule has 0 heterocycles. The molecule has 0 amide bonds. The first-order chi connectivity index (χ1) is 8.19. The zero-order chi connectivity index (χ0) is 12.3. The molecule has 0 radical (unpaired) electrons. The second-order valence-corrected chi connectivity index (χ2v) is 4.73. The fraction of sp³-hybridized carbons (Fsp3) is 0.500. The van der Waals surface area contributed by atoms with Crippen molar-refractivity contribution >= 4 is 5.97 Å². The van der Waals surface area contributed by atoms with Gasteiger partial charge in [-0.05, 0) is 31.2 Å². The van der Waals surface area contributed by atoms with Crippen molar-refractivity contribution in [1.82, 2.24) is 5.32 Å². The van der Waals surface area contributed by atoms with Gasteiger partial charge in [0, 0.05) is 6.04 Å². The smallest absolute Gasteiger partial charge is 0.319 e. The van der Waals surface area contributed by atoms with Crippen LogP contribution in [0.15, 0.2) is 24.3 Å². The van der Waals surface area contributed by atoms with Crippen LogP contribution < -0.4 is 5.32 Å². The second-order valence-electron chi connectivity index (χ2n) is 4.73. The average molecular weight is 233 g/mol. The van der Waals surface area contributed by atoms with Crippen molar-refractivity contribution in [1.29, 1.82) is 0 Å². The Hall–Kier alpha value is -1.35. The maximum absolute atomic E-state index is 11.0. The van der Waals surface area contributed by atoms with Crippen molar-refractivity contribution < 1.29 is 9.53 Å². The summed E-state index contributed by atoms with van der Waals surface area (Å²) in [5.41, 5.74) is 2.71. The summed E-state index contributed by atoms with van der Waals surface area (Å²) in [7, 11) is 1.42. The topological polar surface area (TPSA) is 38.3 Å². The number of aryl methyl sites for hydroxylation is 1. The summed E-state index contributed by atoms with van der Waals surface area (Å²) < 4.78 is 4.59. The van der Waals surface area contributed by atoms with Gasteiger partial charge in [0.2, 0.25) is 0 Å². The molecule has 1 aromatic rings. The number of ether oxygens (including phenoxy) is 1. The molecule has 0 atom stereocenters. The van der Waals surface area contributed by atoms with E-state index in [1.54, 1.807) is 0 Å². The molecule has 1 aromatic carbocycles. The summed E-state index contributed by atoms with van der Waals surface area (Å²) >= 11 is 0. The number of benzene rings is 1. The number of nitrogens with one attached hydrogen (secondary N) is 1. The maximum Gasteiger partial charge on any atom is 0.319 e. The number of hydrogen-bond donors (Lipinski definition) is 1. The molecule has 1 saturated carbocycles. The Kier molecular flexibility index (Phi) is 3.79. The van der Waals surface area contributed by atoms with E-state index in [1.807, 2.05) is 0 Å². The highest BCUT2D eigenvalue weighted by Crippen LogP contribution is 2.36. The van der Waals surface area contributed by atoms with E-state index in [0.29, 0.717) is 18.5 Å². The Bertz CT molecular complexity index is 380. The van der Waals surface area contributed by atoms with E-state index in [9.17, 15) is 4.79 Å². The zero-order valence-corrected chi connectivity index (χ0v) is 10.4. The molecule has 92 valence electrons. The standard InChI is InChI=1S/C14H19NO2/c1-10-3-5-11(6-4-10)12-7-13(8-12)15-9-14(16)17-2/h3-6,12-13,15H,7-9H2,1-2H3. The largest absolute Gasteiger partial charge is 0.468 e. The van der Waals surface area contributed by atoms with E-state index in [0.717, 1.165) is 12.8 Å². The number of carbonyl (C=O) groups excluding carboxylic acids is 1. The Morgan fingerprint density at radius 1 is 1.35 bits per heavy atom. The van der Waals surface area contributed by atoms with Gasteiger partial charge in [-0.2, -0.15) is 0 Å². The molecule has 0 spiro atoms. The van der Waals surface area contributed by atoms with E-state index in [-0.39, 0.29) is 5.97 Å². The summed E-state index contributed by atoms with van der Waals surface area (Å²) in [6, 6.07) is 9.18. The van der Waals surface area contributed by atoms with Crippen LogP contribution in [0.2, 0.25) is 0 Å². The van der Waals surface area contributed by atoms with E-state index < -0.39 is 0 Å². The van der Waals surface area contributed by atoms with Crippen LogP contribution in [0.3, 0.4) is 0 Å². The molecule has 0 bridgehead atoms. The Balaban J connectivity index is 1.75. The third-order valence-corrected chi connectivity index (χ3v) is 3.45. The summed E-state index contributed by atoms with van der Waals surface area (Å²) in [6.45, 7) is 2.42. The van der Waals surface area contributed by atoms with Crippen molar-refractivity contribution in [3.05, 3.63) is 35.4 Å². The molecule has 3 nitrogen and oxygen atoms in total. The van der Waals surface area contributed by atoms with Crippen LogP contribution >= 0.6 is 0 Å². The van der Waals surface area contributed by atoms with Crippen LogP contribution in [-0.2, 0) is 9.53 Å². The molecular weight excluding hydrogens is 214 g/mol. The number of esters is 1. The van der Waals surface area contributed by atoms with Gasteiger partial charge in [-0.15, -0.1) is 0 Å². The van der Waals surface area contributed by atoms with Crippen molar-refractivity contribution in [2.45, 2.75) is 31.7 Å². The molecule has 0 aliphatic heterocycles. The molecular formula is C14H19NO2. The lowest BCUT2D eigenvalue weighted by molar-refractivity contribution is -0.139. The van der Waals surface area contributed by atoms with E-state index in [1.165, 1.54) is 18.2 Å². The number of carbonyl (C=O) groups is 1. The number of hydrogen-bond acceptors (Lipinski definition) is 3. The second kappa shape index (κ2) is 5.32. The van der Waals surface area contributed by atoms with Gasteiger partial charge in [-0.3, -0.25) is 4.79 Å². The predicted octanol–water partition coefficient (Wildman–Crippen LogP) is 2.00. The molecule has 1 N–H and O–H groups in total. The van der Waals surface area contributed by atoms with Gasteiger partial charge < -0.3 is 10.1 Å². The van der Waals surface area contributed by atoms with Crippen LogP contribution in [-0.4, -0.2) is 25.7 Å². The Morgan fingerprint density at radius 3 is 2.59 bits per heavy atom.